The van der Waals surface area contributed by atoms with Gasteiger partial charge < -0.3 is 4.74 Å². The van der Waals surface area contributed by atoms with Crippen molar-refractivity contribution < 1.29 is 9.53 Å². The van der Waals surface area contributed by atoms with Gasteiger partial charge in [-0.2, -0.15) is 0 Å². The zero-order chi connectivity index (χ0) is 7.72. The predicted octanol–water partition coefficient (Wildman–Crippen LogP) is 2.18. The van der Waals surface area contributed by atoms with Gasteiger partial charge in [-0.15, -0.1) is 0 Å². The van der Waals surface area contributed by atoms with Crippen molar-refractivity contribution in [1.82, 2.24) is 0 Å². The van der Waals surface area contributed by atoms with E-state index < -0.39 is 0 Å². The summed E-state index contributed by atoms with van der Waals surface area (Å²) in [5.74, 6) is 0.397. The second-order valence-corrected chi connectivity index (χ2v) is 3.57. The molecule has 0 aromatic rings. The van der Waals surface area contributed by atoms with Gasteiger partial charge in [0.1, 0.15) is 5.76 Å². The first-order valence-electron chi connectivity index (χ1n) is 2.83. The van der Waals surface area contributed by atoms with Crippen molar-refractivity contribution in [3.8, 4) is 0 Å². The fourth-order valence-corrected chi connectivity index (χ4v) is 1.89. The molecule has 0 aromatic carbocycles. The Morgan fingerprint density at radius 2 is 2.30 bits per heavy atom. The summed E-state index contributed by atoms with van der Waals surface area (Å²) in [7, 11) is 0. The minimum Gasteiger partial charge on any atom is -0.429 e. The number of allylic oxidation sites excluding steroid dienone is 1. The maximum Gasteiger partial charge on any atom is 0.315 e. The number of carbonyl (C=O) groups excluding carboxylic acids is 1. The number of esters is 1. The molecule has 2 atom stereocenters. The highest BCUT2D eigenvalue weighted by Crippen LogP contribution is 2.31. The molecule has 1 fully saturated rings. The normalized spacial score (nSPS) is 36.7. The van der Waals surface area contributed by atoms with Crippen molar-refractivity contribution in [1.29, 1.82) is 0 Å². The molecule has 0 bridgehead atoms. The van der Waals surface area contributed by atoms with Crippen LogP contribution in [0.1, 0.15) is 6.92 Å². The second kappa shape index (κ2) is 3.05. The van der Waals surface area contributed by atoms with E-state index in [1.165, 1.54) is 0 Å². The molecule has 1 aliphatic rings. The van der Waals surface area contributed by atoms with Gasteiger partial charge in [-0.05, 0) is 0 Å². The highest BCUT2D eigenvalue weighted by Gasteiger charge is 2.35. The number of rotatable bonds is 0. The fraction of sp³-hybridized carbons (Fsp3) is 0.500. The molecule has 1 aliphatic heterocycles. The Kier molecular flexibility index (Phi) is 2.52. The van der Waals surface area contributed by atoms with Crippen LogP contribution in [0.25, 0.3) is 0 Å². The summed E-state index contributed by atoms with van der Waals surface area (Å²) in [6.07, 6.45) is 0. The van der Waals surface area contributed by atoms with Crippen LogP contribution in [0, 0.1) is 5.92 Å². The maximum absolute atomic E-state index is 10.8. The van der Waals surface area contributed by atoms with Crippen LogP contribution in [0.5, 0.6) is 0 Å². The van der Waals surface area contributed by atoms with Crippen LogP contribution in [0.15, 0.2) is 10.7 Å². The van der Waals surface area contributed by atoms with Crippen LogP contribution in [0.3, 0.4) is 0 Å². The van der Waals surface area contributed by atoms with Gasteiger partial charge in [-0.1, -0.05) is 38.8 Å². The summed E-state index contributed by atoms with van der Waals surface area (Å²) < 4.78 is 4.86. The van der Waals surface area contributed by atoms with Crippen LogP contribution < -0.4 is 0 Å². The van der Waals surface area contributed by atoms with Crippen LogP contribution in [0.2, 0.25) is 0 Å². The van der Waals surface area contributed by atoms with E-state index in [1.54, 1.807) is 4.99 Å². The largest absolute Gasteiger partial charge is 0.429 e. The van der Waals surface area contributed by atoms with Crippen molar-refractivity contribution in [3.05, 3.63) is 10.7 Å². The smallest absolute Gasteiger partial charge is 0.315 e. The molecule has 0 amide bonds. The van der Waals surface area contributed by atoms with Gasteiger partial charge in [-0.3, -0.25) is 4.79 Å². The van der Waals surface area contributed by atoms with E-state index >= 15 is 0 Å². The standard InChI is InChI=1S/C6H6Br2O2/c1-3-5(8)4(2-7)10-6(3)9/h2-3,5H,1H3/b4-2-. The molecule has 0 aromatic heterocycles. The molecular weight excluding hydrogens is 264 g/mol. The Bertz CT molecular complexity index is 188. The molecule has 0 spiro atoms. The first-order chi connectivity index (χ1) is 4.66. The summed E-state index contributed by atoms with van der Waals surface area (Å²) in [5.41, 5.74) is 0. The topological polar surface area (TPSA) is 26.3 Å². The van der Waals surface area contributed by atoms with Crippen LogP contribution in [0.4, 0.5) is 0 Å². The molecule has 2 nitrogen and oxygen atoms in total. The average molecular weight is 270 g/mol. The van der Waals surface area contributed by atoms with Crippen LogP contribution in [-0.4, -0.2) is 10.8 Å². The van der Waals surface area contributed by atoms with Gasteiger partial charge in [0.2, 0.25) is 0 Å². The van der Waals surface area contributed by atoms with E-state index in [1.807, 2.05) is 6.92 Å². The van der Waals surface area contributed by atoms with Crippen molar-refractivity contribution >= 4 is 37.8 Å². The van der Waals surface area contributed by atoms with Gasteiger partial charge in [0.25, 0.3) is 0 Å². The lowest BCUT2D eigenvalue weighted by atomic mass is 10.1. The summed E-state index contributed by atoms with van der Waals surface area (Å²) in [4.78, 5) is 12.5. The van der Waals surface area contributed by atoms with Crippen molar-refractivity contribution in [2.75, 3.05) is 0 Å². The molecule has 4 heteroatoms. The Morgan fingerprint density at radius 1 is 1.70 bits per heavy atom. The Labute approximate surface area is 75.9 Å². The molecule has 10 heavy (non-hydrogen) atoms. The SMILES string of the molecule is CC1C(=O)O/C(=C\Br)C1Br. The summed E-state index contributed by atoms with van der Waals surface area (Å²) >= 11 is 6.43. The maximum atomic E-state index is 10.8. The minimum absolute atomic E-state index is 0.0272. The molecule has 0 aliphatic carbocycles. The van der Waals surface area contributed by atoms with E-state index in [9.17, 15) is 4.79 Å². The molecular formula is C6H6Br2O2. The van der Waals surface area contributed by atoms with E-state index in [-0.39, 0.29) is 16.7 Å². The Hall–Kier alpha value is 0.170. The number of hydrogen-bond acceptors (Lipinski definition) is 2. The Balaban J connectivity index is 2.81. The number of alkyl halides is 1. The number of carbonyl (C=O) groups is 1. The summed E-state index contributed by atoms with van der Waals surface area (Å²) in [6.45, 7) is 1.82. The van der Waals surface area contributed by atoms with Gasteiger partial charge >= 0.3 is 5.97 Å². The quantitative estimate of drug-likeness (QED) is 0.498. The molecule has 1 saturated heterocycles. The van der Waals surface area contributed by atoms with E-state index in [2.05, 4.69) is 31.9 Å². The molecule has 1 heterocycles. The van der Waals surface area contributed by atoms with Gasteiger partial charge in [0.05, 0.1) is 10.7 Å². The molecule has 2 unspecified atom stereocenters. The first kappa shape index (κ1) is 8.27. The number of ether oxygens (including phenoxy) is 1. The predicted molar refractivity (Wildman–Crippen MR) is 45.0 cm³/mol. The third kappa shape index (κ3) is 1.27. The van der Waals surface area contributed by atoms with E-state index in [0.29, 0.717) is 5.76 Å². The second-order valence-electron chi connectivity index (χ2n) is 2.12. The molecule has 0 N–H and O–H groups in total. The third-order valence-corrected chi connectivity index (χ3v) is 3.10. The highest BCUT2D eigenvalue weighted by molar-refractivity contribution is 9.11. The molecule has 56 valence electrons. The van der Waals surface area contributed by atoms with Crippen LogP contribution in [-0.2, 0) is 9.53 Å². The fourth-order valence-electron chi connectivity index (χ4n) is 0.714. The average Bonchev–Trinajstić information content (AvgIpc) is 2.17. The zero-order valence-electron chi connectivity index (χ0n) is 5.30. The summed E-state index contributed by atoms with van der Waals surface area (Å²) in [5, 5.41) is 0. The molecule has 0 radical (unpaired) electrons. The van der Waals surface area contributed by atoms with Gasteiger partial charge in [-0.25, -0.2) is 0 Å². The van der Waals surface area contributed by atoms with Crippen molar-refractivity contribution in [3.63, 3.8) is 0 Å². The Morgan fingerprint density at radius 3 is 2.50 bits per heavy atom. The summed E-state index contributed by atoms with van der Waals surface area (Å²) in [6, 6.07) is 0. The number of hydrogen-bond donors (Lipinski definition) is 0. The first-order valence-corrected chi connectivity index (χ1v) is 4.66. The number of cyclic esters (lactones) is 1. The van der Waals surface area contributed by atoms with Crippen molar-refractivity contribution in [2.45, 2.75) is 11.8 Å². The third-order valence-electron chi connectivity index (χ3n) is 1.41. The number of halogens is 2. The minimum atomic E-state index is -0.174. The lowest BCUT2D eigenvalue weighted by Crippen LogP contribution is -2.09. The van der Waals surface area contributed by atoms with E-state index in [0.717, 1.165) is 0 Å². The lowest BCUT2D eigenvalue weighted by molar-refractivity contribution is -0.138. The van der Waals surface area contributed by atoms with Crippen molar-refractivity contribution in [2.24, 2.45) is 5.92 Å². The van der Waals surface area contributed by atoms with Crippen LogP contribution >= 0.6 is 31.9 Å². The monoisotopic (exact) mass is 268 g/mol. The van der Waals surface area contributed by atoms with Gasteiger partial charge in [0.15, 0.2) is 0 Å². The zero-order valence-corrected chi connectivity index (χ0v) is 8.48. The molecule has 1 rings (SSSR count). The lowest BCUT2D eigenvalue weighted by Gasteiger charge is -1.98. The highest BCUT2D eigenvalue weighted by atomic mass is 79.9. The van der Waals surface area contributed by atoms with E-state index in [4.69, 9.17) is 4.74 Å². The van der Waals surface area contributed by atoms with Gasteiger partial charge in [0, 0.05) is 4.99 Å². The molecule has 0 saturated carbocycles.